The lowest BCUT2D eigenvalue weighted by Crippen LogP contribution is -2.49. The fraction of sp³-hybridized carbons (Fsp3) is 0.933. The van der Waals surface area contributed by atoms with Crippen molar-refractivity contribution in [3.8, 4) is 0 Å². The van der Waals surface area contributed by atoms with E-state index in [1.807, 2.05) is 7.05 Å². The summed E-state index contributed by atoms with van der Waals surface area (Å²) in [6, 6.07) is 0.568. The van der Waals surface area contributed by atoms with Crippen molar-refractivity contribution in [2.24, 2.45) is 4.99 Å². The van der Waals surface area contributed by atoms with E-state index in [0.29, 0.717) is 6.04 Å². The second-order valence-electron chi connectivity index (χ2n) is 5.66. The minimum absolute atomic E-state index is 0. The Labute approximate surface area is 148 Å². The third-order valence-corrected chi connectivity index (χ3v) is 4.02. The zero-order valence-electron chi connectivity index (χ0n) is 14.2. The van der Waals surface area contributed by atoms with Crippen LogP contribution in [0.1, 0.15) is 33.1 Å². The Morgan fingerprint density at radius 2 is 1.95 bits per heavy atom. The third-order valence-electron chi connectivity index (χ3n) is 4.02. The van der Waals surface area contributed by atoms with Gasteiger partial charge >= 0.3 is 0 Å². The number of rotatable bonds is 7. The van der Waals surface area contributed by atoms with Crippen LogP contribution in [0.25, 0.3) is 0 Å². The van der Waals surface area contributed by atoms with E-state index in [4.69, 9.17) is 0 Å². The summed E-state index contributed by atoms with van der Waals surface area (Å²) in [5.41, 5.74) is 0. The molecule has 1 saturated heterocycles. The van der Waals surface area contributed by atoms with Gasteiger partial charge in [-0.25, -0.2) is 0 Å². The number of nitrogens with zero attached hydrogens (tertiary/aromatic N) is 3. The molecule has 1 heterocycles. The van der Waals surface area contributed by atoms with E-state index in [1.165, 1.54) is 38.9 Å². The molecule has 0 aromatic carbocycles. The van der Waals surface area contributed by atoms with E-state index >= 15 is 0 Å². The van der Waals surface area contributed by atoms with Crippen LogP contribution in [0.15, 0.2) is 4.99 Å². The lowest BCUT2D eigenvalue weighted by Gasteiger charge is -2.32. The van der Waals surface area contributed by atoms with E-state index < -0.39 is 0 Å². The van der Waals surface area contributed by atoms with E-state index in [1.54, 1.807) is 0 Å². The summed E-state index contributed by atoms with van der Waals surface area (Å²) in [5, 5.41) is 6.96. The van der Waals surface area contributed by atoms with Crippen molar-refractivity contribution < 1.29 is 0 Å². The Balaban J connectivity index is 0.00000400. The molecule has 0 bridgehead atoms. The monoisotopic (exact) mass is 411 g/mol. The quantitative estimate of drug-likeness (QED) is 0.380. The Morgan fingerprint density at radius 1 is 1.29 bits per heavy atom. The van der Waals surface area contributed by atoms with E-state index in [2.05, 4.69) is 46.3 Å². The van der Waals surface area contributed by atoms with Gasteiger partial charge in [-0.1, -0.05) is 13.8 Å². The number of likely N-dealkylation sites (tertiary alicyclic amines) is 1. The minimum Gasteiger partial charge on any atom is -0.355 e. The molecule has 0 radical (unpaired) electrons. The fourth-order valence-corrected chi connectivity index (χ4v) is 2.53. The SMILES string of the molecule is CCCN1CCC(NC(=NC)NCCN(C)CC)CC1.I. The van der Waals surface area contributed by atoms with Crippen LogP contribution in [0, 0.1) is 0 Å². The van der Waals surface area contributed by atoms with Gasteiger partial charge in [0.1, 0.15) is 0 Å². The van der Waals surface area contributed by atoms with Crippen molar-refractivity contribution in [1.29, 1.82) is 0 Å². The highest BCUT2D eigenvalue weighted by molar-refractivity contribution is 14.0. The van der Waals surface area contributed by atoms with Crippen LogP contribution in [0.2, 0.25) is 0 Å². The molecular formula is C15H34IN5. The molecular weight excluding hydrogens is 377 g/mol. The maximum Gasteiger partial charge on any atom is 0.191 e. The molecule has 0 unspecified atom stereocenters. The summed E-state index contributed by atoms with van der Waals surface area (Å²) in [4.78, 5) is 9.18. The first kappa shape index (κ1) is 20.9. The van der Waals surface area contributed by atoms with Gasteiger partial charge in [-0.2, -0.15) is 0 Å². The molecule has 126 valence electrons. The normalized spacial score (nSPS) is 17.7. The van der Waals surface area contributed by atoms with Crippen molar-refractivity contribution in [1.82, 2.24) is 20.4 Å². The van der Waals surface area contributed by atoms with Crippen molar-refractivity contribution in [3.05, 3.63) is 0 Å². The van der Waals surface area contributed by atoms with Gasteiger partial charge in [-0.15, -0.1) is 24.0 Å². The number of nitrogens with one attached hydrogen (secondary N) is 2. The summed E-state index contributed by atoms with van der Waals surface area (Å²) < 4.78 is 0. The van der Waals surface area contributed by atoms with Gasteiger partial charge in [-0.05, 0) is 39.4 Å². The van der Waals surface area contributed by atoms with E-state index in [9.17, 15) is 0 Å². The van der Waals surface area contributed by atoms with Crippen LogP contribution in [0.3, 0.4) is 0 Å². The Hall–Kier alpha value is -0.0800. The highest BCUT2D eigenvalue weighted by atomic mass is 127. The molecule has 2 N–H and O–H groups in total. The molecule has 1 fully saturated rings. The molecule has 21 heavy (non-hydrogen) atoms. The second kappa shape index (κ2) is 12.5. The predicted octanol–water partition coefficient (Wildman–Crippen LogP) is 1.60. The average Bonchev–Trinajstić information content (AvgIpc) is 2.48. The largest absolute Gasteiger partial charge is 0.355 e. The maximum atomic E-state index is 4.32. The molecule has 0 atom stereocenters. The molecule has 1 rings (SSSR count). The fourth-order valence-electron chi connectivity index (χ4n) is 2.53. The number of likely N-dealkylation sites (N-methyl/N-ethyl adjacent to an activating group) is 1. The standard InChI is InChI=1S/C15H33N5.HI/c1-5-10-20-11-7-14(8-12-20)18-15(16-3)17-9-13-19(4)6-2;/h14H,5-13H2,1-4H3,(H2,16,17,18);1H. The van der Waals surface area contributed by atoms with Gasteiger partial charge < -0.3 is 20.4 Å². The average molecular weight is 411 g/mol. The van der Waals surface area contributed by atoms with Crippen molar-refractivity contribution in [3.63, 3.8) is 0 Å². The lowest BCUT2D eigenvalue weighted by atomic mass is 10.1. The van der Waals surface area contributed by atoms with E-state index in [0.717, 1.165) is 25.6 Å². The Morgan fingerprint density at radius 3 is 2.48 bits per heavy atom. The van der Waals surface area contributed by atoms with Crippen molar-refractivity contribution >= 4 is 29.9 Å². The summed E-state index contributed by atoms with van der Waals surface area (Å²) >= 11 is 0. The van der Waals surface area contributed by atoms with Gasteiger partial charge in [-0.3, -0.25) is 4.99 Å². The van der Waals surface area contributed by atoms with Gasteiger partial charge in [0.2, 0.25) is 0 Å². The van der Waals surface area contributed by atoms with Gasteiger partial charge in [0, 0.05) is 39.3 Å². The van der Waals surface area contributed by atoms with Crippen LogP contribution < -0.4 is 10.6 Å². The van der Waals surface area contributed by atoms with Gasteiger partial charge in [0.05, 0.1) is 0 Å². The van der Waals surface area contributed by atoms with Crippen LogP contribution in [0.5, 0.6) is 0 Å². The molecule has 0 aromatic heterocycles. The number of hydrogen-bond donors (Lipinski definition) is 2. The molecule has 0 aliphatic carbocycles. The second-order valence-corrected chi connectivity index (χ2v) is 5.66. The first-order valence-corrected chi connectivity index (χ1v) is 8.07. The topological polar surface area (TPSA) is 42.9 Å². The molecule has 6 heteroatoms. The molecule has 0 amide bonds. The number of hydrogen-bond acceptors (Lipinski definition) is 3. The number of guanidine groups is 1. The summed E-state index contributed by atoms with van der Waals surface area (Å²) in [7, 11) is 3.99. The molecule has 1 aliphatic rings. The molecule has 0 spiro atoms. The first-order valence-electron chi connectivity index (χ1n) is 8.07. The first-order chi connectivity index (χ1) is 9.69. The van der Waals surface area contributed by atoms with Crippen molar-refractivity contribution in [2.75, 3.05) is 53.4 Å². The minimum atomic E-state index is 0. The summed E-state index contributed by atoms with van der Waals surface area (Å²) in [5.74, 6) is 0.948. The zero-order valence-corrected chi connectivity index (χ0v) is 16.5. The Bertz CT molecular complexity index is 277. The van der Waals surface area contributed by atoms with Gasteiger partial charge in [0.15, 0.2) is 5.96 Å². The lowest BCUT2D eigenvalue weighted by molar-refractivity contribution is 0.206. The Kier molecular flexibility index (Phi) is 12.4. The molecule has 1 aliphatic heterocycles. The maximum absolute atomic E-state index is 4.32. The molecule has 0 aromatic rings. The highest BCUT2D eigenvalue weighted by Crippen LogP contribution is 2.10. The van der Waals surface area contributed by atoms with Crippen LogP contribution in [0.4, 0.5) is 0 Å². The summed E-state index contributed by atoms with van der Waals surface area (Å²) in [6.45, 7) is 11.2. The highest BCUT2D eigenvalue weighted by Gasteiger charge is 2.19. The zero-order chi connectivity index (χ0) is 14.8. The smallest absolute Gasteiger partial charge is 0.191 e. The molecule has 5 nitrogen and oxygen atoms in total. The van der Waals surface area contributed by atoms with E-state index in [-0.39, 0.29) is 24.0 Å². The molecule has 0 saturated carbocycles. The van der Waals surface area contributed by atoms with Crippen LogP contribution >= 0.6 is 24.0 Å². The predicted molar refractivity (Wildman–Crippen MR) is 103 cm³/mol. The van der Waals surface area contributed by atoms with Crippen LogP contribution in [-0.4, -0.2) is 75.2 Å². The number of piperidine rings is 1. The number of aliphatic imine (C=N–C) groups is 1. The van der Waals surface area contributed by atoms with Crippen molar-refractivity contribution in [2.45, 2.75) is 39.2 Å². The third kappa shape index (κ3) is 8.83. The summed E-state index contributed by atoms with van der Waals surface area (Å²) in [6.07, 6.45) is 3.69. The number of halogens is 1. The van der Waals surface area contributed by atoms with Gasteiger partial charge in [0.25, 0.3) is 0 Å². The van der Waals surface area contributed by atoms with Crippen LogP contribution in [-0.2, 0) is 0 Å².